The minimum absolute atomic E-state index is 0.404. The number of rotatable bonds is 4. The Hall–Kier alpha value is -6.96. The topological polar surface area (TPSA) is 3.24 Å². The van der Waals surface area contributed by atoms with Crippen LogP contribution in [0.25, 0.3) is 66.4 Å². The molecule has 3 aliphatic carbocycles. The molecule has 0 N–H and O–H groups in total. The quantitative estimate of drug-likeness (QED) is 0.178. The average molecular weight is 684 g/mol. The zero-order valence-electron chi connectivity index (χ0n) is 29.5. The molecule has 0 aromatic heterocycles. The Labute approximate surface area is 315 Å². The van der Waals surface area contributed by atoms with Crippen LogP contribution in [0, 0.1) is 0 Å². The summed E-state index contributed by atoms with van der Waals surface area (Å²) in [6.07, 6.45) is 0. The Kier molecular flexibility index (Phi) is 6.04. The molecule has 0 bridgehead atoms. The molecule has 0 saturated heterocycles. The Bertz CT molecular complexity index is 2940. The van der Waals surface area contributed by atoms with E-state index in [0.29, 0.717) is 0 Å². The smallest absolute Gasteiger partial charge is 0.0726 e. The van der Waals surface area contributed by atoms with Crippen LogP contribution in [-0.4, -0.2) is 0 Å². The molecule has 0 amide bonds. The first kappa shape index (κ1) is 29.6. The predicted molar refractivity (Wildman–Crippen MR) is 225 cm³/mol. The second-order valence-electron chi connectivity index (χ2n) is 14.8. The van der Waals surface area contributed by atoms with Gasteiger partial charge in [-0.3, -0.25) is 0 Å². The molecule has 54 heavy (non-hydrogen) atoms. The van der Waals surface area contributed by atoms with Crippen molar-refractivity contribution in [3.63, 3.8) is 0 Å². The highest BCUT2D eigenvalue weighted by Crippen LogP contribution is 2.65. The number of fused-ring (bicyclic) bond motifs is 15. The Morgan fingerprint density at radius 1 is 0.296 bits per heavy atom. The molecule has 0 atom stereocenters. The van der Waals surface area contributed by atoms with E-state index in [4.69, 9.17) is 0 Å². The fraction of sp³-hybridized carbons (Fsp3) is 0.0189. The van der Waals surface area contributed by atoms with E-state index in [1.807, 2.05) is 0 Å². The van der Waals surface area contributed by atoms with Crippen molar-refractivity contribution in [3.8, 4) is 55.6 Å². The van der Waals surface area contributed by atoms with E-state index in [1.165, 1.54) is 94.3 Å². The first-order chi connectivity index (χ1) is 26.8. The highest BCUT2D eigenvalue weighted by atomic mass is 15.1. The van der Waals surface area contributed by atoms with E-state index in [2.05, 4.69) is 205 Å². The van der Waals surface area contributed by atoms with Crippen molar-refractivity contribution in [1.29, 1.82) is 0 Å². The summed E-state index contributed by atoms with van der Waals surface area (Å²) in [5.41, 5.74) is 21.4. The molecular weight excluding hydrogens is 651 g/mol. The third-order valence-corrected chi connectivity index (χ3v) is 12.2. The summed E-state index contributed by atoms with van der Waals surface area (Å²) in [5, 5.41) is 2.56. The van der Waals surface area contributed by atoms with Crippen LogP contribution in [0.3, 0.4) is 0 Å². The molecule has 9 aromatic rings. The van der Waals surface area contributed by atoms with Gasteiger partial charge in [0.25, 0.3) is 0 Å². The van der Waals surface area contributed by atoms with Gasteiger partial charge in [0.15, 0.2) is 0 Å². The molecule has 9 aromatic carbocycles. The molecule has 12 rings (SSSR count). The fourth-order valence-electron chi connectivity index (χ4n) is 9.92. The standard InChI is InChI=1S/C53H33N/c1-2-13-34(14-3-1)35-25-27-38(28-26-35)54(39-29-30-40-44-31-36-15-4-5-16-37(36)32-45(44)46(40)33-39)51-24-12-23-50-52(51)43-19-8-11-22-49(43)53(50)47-20-9-6-17-41(47)42-18-7-10-21-48(42)53/h1-33H. The van der Waals surface area contributed by atoms with E-state index in [0.717, 1.165) is 11.4 Å². The van der Waals surface area contributed by atoms with Gasteiger partial charge in [0.1, 0.15) is 0 Å². The number of hydrogen-bond donors (Lipinski definition) is 0. The molecule has 0 fully saturated rings. The summed E-state index contributed by atoms with van der Waals surface area (Å²) in [6, 6.07) is 74.4. The van der Waals surface area contributed by atoms with Crippen molar-refractivity contribution >= 4 is 27.8 Å². The molecule has 250 valence electrons. The van der Waals surface area contributed by atoms with E-state index in [9.17, 15) is 0 Å². The lowest BCUT2D eigenvalue weighted by Gasteiger charge is -2.33. The normalized spacial score (nSPS) is 13.3. The van der Waals surface area contributed by atoms with Crippen LogP contribution < -0.4 is 4.90 Å². The van der Waals surface area contributed by atoms with E-state index in [-0.39, 0.29) is 0 Å². The second kappa shape index (κ2) is 11.0. The van der Waals surface area contributed by atoms with Crippen LogP contribution in [0.5, 0.6) is 0 Å². The van der Waals surface area contributed by atoms with Gasteiger partial charge in [-0.2, -0.15) is 0 Å². The van der Waals surface area contributed by atoms with Gasteiger partial charge in [0.2, 0.25) is 0 Å². The lowest BCUT2D eigenvalue weighted by Crippen LogP contribution is -2.26. The van der Waals surface area contributed by atoms with E-state index >= 15 is 0 Å². The molecular formula is C53H33N. The molecule has 0 unspecified atom stereocenters. The summed E-state index contributed by atoms with van der Waals surface area (Å²) in [6.45, 7) is 0. The Balaban J connectivity index is 1.11. The SMILES string of the molecule is c1ccc(-c2ccc(N(c3ccc4c(c3)-c3cc5ccccc5cc3-4)c3cccc4c3-c3ccccc3C43c4ccccc4-c4ccccc43)cc2)cc1. The first-order valence-electron chi connectivity index (χ1n) is 18.8. The van der Waals surface area contributed by atoms with Crippen LogP contribution in [0.2, 0.25) is 0 Å². The molecule has 1 nitrogen and oxygen atoms in total. The minimum atomic E-state index is -0.404. The molecule has 0 heterocycles. The zero-order valence-corrected chi connectivity index (χ0v) is 29.5. The van der Waals surface area contributed by atoms with Crippen molar-refractivity contribution in [2.24, 2.45) is 0 Å². The summed E-state index contributed by atoms with van der Waals surface area (Å²) < 4.78 is 0. The molecule has 0 aliphatic heterocycles. The van der Waals surface area contributed by atoms with Crippen LogP contribution in [-0.2, 0) is 5.41 Å². The summed E-state index contributed by atoms with van der Waals surface area (Å²) in [7, 11) is 0. The maximum atomic E-state index is 2.50. The molecule has 1 heteroatoms. The van der Waals surface area contributed by atoms with Crippen LogP contribution in [0.4, 0.5) is 17.1 Å². The molecule has 0 radical (unpaired) electrons. The maximum Gasteiger partial charge on any atom is 0.0726 e. The molecule has 0 saturated carbocycles. The van der Waals surface area contributed by atoms with Crippen LogP contribution in [0.15, 0.2) is 200 Å². The van der Waals surface area contributed by atoms with Gasteiger partial charge >= 0.3 is 0 Å². The number of nitrogens with zero attached hydrogens (tertiary/aromatic N) is 1. The second-order valence-corrected chi connectivity index (χ2v) is 14.8. The van der Waals surface area contributed by atoms with Gasteiger partial charge in [0, 0.05) is 16.9 Å². The minimum Gasteiger partial charge on any atom is -0.310 e. The summed E-state index contributed by atoms with van der Waals surface area (Å²) in [5.74, 6) is 0. The van der Waals surface area contributed by atoms with Gasteiger partial charge in [-0.25, -0.2) is 0 Å². The van der Waals surface area contributed by atoms with Gasteiger partial charge in [0.05, 0.1) is 11.1 Å². The highest BCUT2D eigenvalue weighted by molar-refractivity contribution is 6.09. The molecule has 3 aliphatic rings. The van der Waals surface area contributed by atoms with Gasteiger partial charge in [-0.15, -0.1) is 0 Å². The first-order valence-corrected chi connectivity index (χ1v) is 18.8. The van der Waals surface area contributed by atoms with Gasteiger partial charge in [-0.1, -0.05) is 158 Å². The van der Waals surface area contributed by atoms with Crippen molar-refractivity contribution in [1.82, 2.24) is 0 Å². The lowest BCUT2D eigenvalue weighted by atomic mass is 9.70. The highest BCUT2D eigenvalue weighted by Gasteiger charge is 2.52. The lowest BCUT2D eigenvalue weighted by molar-refractivity contribution is 0.794. The van der Waals surface area contributed by atoms with Crippen LogP contribution >= 0.6 is 0 Å². The van der Waals surface area contributed by atoms with Gasteiger partial charge in [-0.05, 0) is 126 Å². The predicted octanol–water partition coefficient (Wildman–Crippen LogP) is 14.0. The van der Waals surface area contributed by atoms with Crippen LogP contribution in [0.1, 0.15) is 22.3 Å². The van der Waals surface area contributed by atoms with Crippen molar-refractivity contribution in [3.05, 3.63) is 222 Å². The Morgan fingerprint density at radius 3 is 1.48 bits per heavy atom. The number of anilines is 3. The maximum absolute atomic E-state index is 2.50. The average Bonchev–Trinajstić information content (AvgIpc) is 3.71. The van der Waals surface area contributed by atoms with Crippen molar-refractivity contribution in [2.75, 3.05) is 4.90 Å². The largest absolute Gasteiger partial charge is 0.310 e. The Morgan fingerprint density at radius 2 is 0.796 bits per heavy atom. The van der Waals surface area contributed by atoms with E-state index in [1.54, 1.807) is 0 Å². The van der Waals surface area contributed by atoms with Crippen molar-refractivity contribution < 1.29 is 0 Å². The number of benzene rings is 9. The van der Waals surface area contributed by atoms with E-state index < -0.39 is 5.41 Å². The third-order valence-electron chi connectivity index (χ3n) is 12.2. The monoisotopic (exact) mass is 683 g/mol. The fourth-order valence-corrected chi connectivity index (χ4v) is 9.92. The van der Waals surface area contributed by atoms with Crippen molar-refractivity contribution in [2.45, 2.75) is 5.41 Å². The third kappa shape index (κ3) is 3.88. The summed E-state index contributed by atoms with van der Waals surface area (Å²) >= 11 is 0. The summed E-state index contributed by atoms with van der Waals surface area (Å²) in [4.78, 5) is 2.50. The van der Waals surface area contributed by atoms with Gasteiger partial charge < -0.3 is 4.90 Å². The molecule has 1 spiro atoms. The number of hydrogen-bond acceptors (Lipinski definition) is 1. The zero-order chi connectivity index (χ0) is 35.4.